The summed E-state index contributed by atoms with van der Waals surface area (Å²) < 4.78 is 0. The third kappa shape index (κ3) is 2.19. The van der Waals surface area contributed by atoms with Crippen LogP contribution in [0.3, 0.4) is 0 Å². The van der Waals surface area contributed by atoms with Crippen molar-refractivity contribution in [3.8, 4) is 0 Å². The molecule has 7 heteroatoms. The van der Waals surface area contributed by atoms with E-state index in [1.807, 2.05) is 13.2 Å². The Morgan fingerprint density at radius 2 is 2.00 bits per heavy atom. The molecule has 0 aromatic carbocycles. The maximum absolute atomic E-state index is 12.0. The number of hydrogen-bond donors (Lipinski definition) is 2. The van der Waals surface area contributed by atoms with Crippen LogP contribution in [0.5, 0.6) is 0 Å². The van der Waals surface area contributed by atoms with Crippen molar-refractivity contribution in [2.75, 3.05) is 19.3 Å². The summed E-state index contributed by atoms with van der Waals surface area (Å²) in [6.07, 6.45) is 2.87. The van der Waals surface area contributed by atoms with E-state index in [0.717, 1.165) is 0 Å². The SMILES string of the molecule is CS[C@@H](C)C(=O)N1CCC2(CC1)NC(=O)NC2=O. The molecule has 0 aliphatic carbocycles. The summed E-state index contributed by atoms with van der Waals surface area (Å²) in [7, 11) is 0. The molecule has 0 aromatic heterocycles. The van der Waals surface area contributed by atoms with Crippen LogP contribution in [-0.4, -0.2) is 52.9 Å². The number of rotatable bonds is 2. The summed E-state index contributed by atoms with van der Waals surface area (Å²) in [6.45, 7) is 2.90. The van der Waals surface area contributed by atoms with Crippen molar-refractivity contribution < 1.29 is 14.4 Å². The Bertz CT molecular complexity index is 391. The van der Waals surface area contributed by atoms with Gasteiger partial charge in [0.25, 0.3) is 5.91 Å². The van der Waals surface area contributed by atoms with Gasteiger partial charge >= 0.3 is 6.03 Å². The monoisotopic (exact) mass is 271 g/mol. The lowest BCUT2D eigenvalue weighted by atomic mass is 9.87. The van der Waals surface area contributed by atoms with Crippen LogP contribution >= 0.6 is 11.8 Å². The molecule has 4 amide bonds. The predicted molar refractivity (Wildman–Crippen MR) is 68.2 cm³/mol. The molecule has 2 heterocycles. The molecule has 1 atom stereocenters. The van der Waals surface area contributed by atoms with Crippen LogP contribution in [0.4, 0.5) is 4.79 Å². The Morgan fingerprint density at radius 3 is 2.44 bits per heavy atom. The van der Waals surface area contributed by atoms with E-state index in [1.165, 1.54) is 11.8 Å². The standard InChI is InChI=1S/C11H17N3O3S/c1-7(18-2)8(15)14-5-3-11(4-6-14)9(16)12-10(17)13-11/h7H,3-6H2,1-2H3,(H2,12,13,16,17)/t7-/m0/s1. The van der Waals surface area contributed by atoms with Gasteiger partial charge in [0.05, 0.1) is 5.25 Å². The van der Waals surface area contributed by atoms with Crippen LogP contribution in [0.1, 0.15) is 19.8 Å². The minimum atomic E-state index is -0.795. The number of nitrogens with one attached hydrogen (secondary N) is 2. The first-order valence-corrected chi connectivity index (χ1v) is 7.22. The molecule has 2 saturated heterocycles. The summed E-state index contributed by atoms with van der Waals surface area (Å²) in [6, 6.07) is -0.433. The quantitative estimate of drug-likeness (QED) is 0.690. The van der Waals surface area contributed by atoms with Crippen molar-refractivity contribution in [3.63, 3.8) is 0 Å². The molecule has 6 nitrogen and oxygen atoms in total. The molecule has 0 saturated carbocycles. The molecule has 2 fully saturated rings. The lowest BCUT2D eigenvalue weighted by Crippen LogP contribution is -2.56. The van der Waals surface area contributed by atoms with Crippen molar-refractivity contribution in [2.24, 2.45) is 0 Å². The van der Waals surface area contributed by atoms with Crippen LogP contribution in [0.25, 0.3) is 0 Å². The number of piperidine rings is 1. The van der Waals surface area contributed by atoms with E-state index in [1.54, 1.807) is 4.90 Å². The second kappa shape index (κ2) is 4.79. The van der Waals surface area contributed by atoms with E-state index < -0.39 is 11.6 Å². The third-order valence-corrected chi connectivity index (χ3v) is 4.55. The van der Waals surface area contributed by atoms with Crippen LogP contribution in [-0.2, 0) is 9.59 Å². The van der Waals surface area contributed by atoms with Crippen molar-refractivity contribution in [1.82, 2.24) is 15.5 Å². The van der Waals surface area contributed by atoms with Gasteiger partial charge in [-0.1, -0.05) is 0 Å². The highest BCUT2D eigenvalue weighted by Gasteiger charge is 2.48. The van der Waals surface area contributed by atoms with Gasteiger partial charge in [-0.15, -0.1) is 0 Å². The summed E-state index contributed by atoms with van der Waals surface area (Å²) in [5, 5.41) is 4.87. The van der Waals surface area contributed by atoms with Crippen LogP contribution in [0, 0.1) is 0 Å². The van der Waals surface area contributed by atoms with E-state index in [0.29, 0.717) is 25.9 Å². The van der Waals surface area contributed by atoms with Crippen molar-refractivity contribution in [3.05, 3.63) is 0 Å². The van der Waals surface area contributed by atoms with Gasteiger partial charge in [0.2, 0.25) is 5.91 Å². The summed E-state index contributed by atoms with van der Waals surface area (Å²) in [5.74, 6) is -0.167. The smallest absolute Gasteiger partial charge is 0.322 e. The highest BCUT2D eigenvalue weighted by molar-refractivity contribution is 7.99. The first kappa shape index (κ1) is 13.2. The lowest BCUT2D eigenvalue weighted by Gasteiger charge is -2.37. The number of nitrogens with zero attached hydrogens (tertiary/aromatic N) is 1. The predicted octanol–water partition coefficient (Wildman–Crippen LogP) is -0.0615. The minimum absolute atomic E-state index is 0.0638. The second-order valence-corrected chi connectivity index (χ2v) is 5.87. The number of likely N-dealkylation sites (tertiary alicyclic amines) is 1. The van der Waals surface area contributed by atoms with Gasteiger partial charge in [-0.25, -0.2) is 4.79 Å². The van der Waals surface area contributed by atoms with Gasteiger partial charge in [0, 0.05) is 13.1 Å². The molecular weight excluding hydrogens is 254 g/mol. The molecule has 0 bridgehead atoms. The zero-order chi connectivity index (χ0) is 13.3. The van der Waals surface area contributed by atoms with Gasteiger partial charge in [-0.05, 0) is 26.0 Å². The molecule has 0 radical (unpaired) electrons. The zero-order valence-corrected chi connectivity index (χ0v) is 11.3. The molecule has 1 spiro atoms. The molecular formula is C11H17N3O3S. The Hall–Kier alpha value is -1.24. The highest BCUT2D eigenvalue weighted by atomic mass is 32.2. The van der Waals surface area contributed by atoms with Gasteiger partial charge in [0.1, 0.15) is 5.54 Å². The Labute approximate surface area is 110 Å². The zero-order valence-electron chi connectivity index (χ0n) is 10.5. The van der Waals surface area contributed by atoms with Crippen LogP contribution in [0.15, 0.2) is 0 Å². The maximum Gasteiger partial charge on any atom is 0.322 e. The maximum atomic E-state index is 12.0. The van der Waals surface area contributed by atoms with E-state index in [-0.39, 0.29) is 17.1 Å². The fraction of sp³-hybridized carbons (Fsp3) is 0.727. The first-order chi connectivity index (χ1) is 8.48. The van der Waals surface area contributed by atoms with E-state index in [4.69, 9.17) is 0 Å². The van der Waals surface area contributed by atoms with E-state index in [2.05, 4.69) is 10.6 Å². The van der Waals surface area contributed by atoms with Gasteiger partial charge in [0.15, 0.2) is 0 Å². The van der Waals surface area contributed by atoms with E-state index in [9.17, 15) is 14.4 Å². The number of amides is 4. The number of imide groups is 1. The summed E-state index contributed by atoms with van der Waals surface area (Å²) in [5.41, 5.74) is -0.795. The number of thioether (sulfide) groups is 1. The van der Waals surface area contributed by atoms with Gasteiger partial charge in [-0.2, -0.15) is 11.8 Å². The molecule has 2 rings (SSSR count). The number of hydrogen-bond acceptors (Lipinski definition) is 4. The second-order valence-electron chi connectivity index (χ2n) is 4.69. The topological polar surface area (TPSA) is 78.5 Å². The lowest BCUT2D eigenvalue weighted by molar-refractivity contribution is -0.135. The van der Waals surface area contributed by atoms with Gasteiger partial charge < -0.3 is 10.2 Å². The molecule has 0 unspecified atom stereocenters. The highest BCUT2D eigenvalue weighted by Crippen LogP contribution is 2.26. The van der Waals surface area contributed by atoms with Crippen molar-refractivity contribution in [1.29, 1.82) is 0 Å². The third-order valence-electron chi connectivity index (χ3n) is 3.64. The number of carbonyl (C=O) groups is 3. The summed E-state index contributed by atoms with van der Waals surface area (Å²) in [4.78, 5) is 36.7. The summed E-state index contributed by atoms with van der Waals surface area (Å²) >= 11 is 1.51. The molecule has 2 aliphatic rings. The molecule has 18 heavy (non-hydrogen) atoms. The van der Waals surface area contributed by atoms with Gasteiger partial charge in [-0.3, -0.25) is 14.9 Å². The Kier molecular flexibility index (Phi) is 3.52. The average Bonchev–Trinajstić information content (AvgIpc) is 2.63. The largest absolute Gasteiger partial charge is 0.342 e. The molecule has 2 N–H and O–H groups in total. The first-order valence-electron chi connectivity index (χ1n) is 5.94. The minimum Gasteiger partial charge on any atom is -0.342 e. The van der Waals surface area contributed by atoms with Crippen LogP contribution < -0.4 is 10.6 Å². The molecule has 0 aromatic rings. The van der Waals surface area contributed by atoms with Crippen molar-refractivity contribution >= 4 is 29.6 Å². The Morgan fingerprint density at radius 1 is 1.39 bits per heavy atom. The average molecular weight is 271 g/mol. The number of carbonyl (C=O) groups excluding carboxylic acids is 3. The Balaban J connectivity index is 1.98. The van der Waals surface area contributed by atoms with Crippen molar-refractivity contribution in [2.45, 2.75) is 30.6 Å². The fourth-order valence-corrected chi connectivity index (χ4v) is 2.70. The number of urea groups is 1. The van der Waals surface area contributed by atoms with Crippen LogP contribution in [0.2, 0.25) is 0 Å². The molecule has 100 valence electrons. The normalized spacial score (nSPS) is 23.8. The fourth-order valence-electron chi connectivity index (χ4n) is 2.35. The molecule has 2 aliphatic heterocycles. The van der Waals surface area contributed by atoms with E-state index >= 15 is 0 Å².